The Labute approximate surface area is 117 Å². The predicted octanol–water partition coefficient (Wildman–Crippen LogP) is 4.52. The van der Waals surface area contributed by atoms with E-state index in [-0.39, 0.29) is 5.75 Å². The van der Waals surface area contributed by atoms with Crippen molar-refractivity contribution in [2.75, 3.05) is 5.32 Å². The van der Waals surface area contributed by atoms with Crippen molar-refractivity contribution in [3.63, 3.8) is 0 Å². The summed E-state index contributed by atoms with van der Waals surface area (Å²) in [5.41, 5.74) is 4.04. The number of hydrogen-bond acceptors (Lipinski definition) is 2. The molecule has 0 bridgehead atoms. The zero-order valence-electron chi connectivity index (χ0n) is 11.5. The molecule has 0 saturated carbocycles. The summed E-state index contributed by atoms with van der Waals surface area (Å²) in [5, 5.41) is 3.26. The summed E-state index contributed by atoms with van der Waals surface area (Å²) in [7, 11) is 0. The standard InChI is InChI=1S/C16H17F2NO/c1-11-6-5-8-14(12(11)2)19-10-13-7-3-4-9-15(13)20-16(17)18/h3-9,16,19H,10H2,1-2H3. The van der Waals surface area contributed by atoms with E-state index in [4.69, 9.17) is 0 Å². The zero-order valence-corrected chi connectivity index (χ0v) is 11.5. The maximum Gasteiger partial charge on any atom is 0.387 e. The van der Waals surface area contributed by atoms with Gasteiger partial charge in [0.05, 0.1) is 0 Å². The van der Waals surface area contributed by atoms with Crippen molar-refractivity contribution >= 4 is 5.69 Å². The van der Waals surface area contributed by atoms with Crippen LogP contribution in [0.15, 0.2) is 42.5 Å². The van der Waals surface area contributed by atoms with E-state index in [2.05, 4.69) is 10.1 Å². The van der Waals surface area contributed by atoms with Crippen LogP contribution < -0.4 is 10.1 Å². The first kappa shape index (κ1) is 14.3. The SMILES string of the molecule is Cc1cccc(NCc2ccccc2OC(F)F)c1C. The van der Waals surface area contributed by atoms with E-state index in [0.717, 1.165) is 11.3 Å². The highest BCUT2D eigenvalue weighted by Crippen LogP contribution is 2.23. The van der Waals surface area contributed by atoms with E-state index in [9.17, 15) is 8.78 Å². The van der Waals surface area contributed by atoms with E-state index in [0.29, 0.717) is 12.1 Å². The van der Waals surface area contributed by atoms with Gasteiger partial charge in [0.15, 0.2) is 0 Å². The fraction of sp³-hybridized carbons (Fsp3) is 0.250. The van der Waals surface area contributed by atoms with Crippen LogP contribution in [0.4, 0.5) is 14.5 Å². The summed E-state index contributed by atoms with van der Waals surface area (Å²) in [5.74, 6) is 0.209. The fourth-order valence-corrected chi connectivity index (χ4v) is 1.99. The van der Waals surface area contributed by atoms with Gasteiger partial charge in [-0.1, -0.05) is 30.3 Å². The molecule has 0 atom stereocenters. The minimum atomic E-state index is -2.81. The molecule has 20 heavy (non-hydrogen) atoms. The van der Waals surface area contributed by atoms with Crippen LogP contribution in [0, 0.1) is 13.8 Å². The van der Waals surface area contributed by atoms with Crippen molar-refractivity contribution in [2.24, 2.45) is 0 Å². The molecular weight excluding hydrogens is 260 g/mol. The highest BCUT2D eigenvalue weighted by Gasteiger charge is 2.09. The minimum absolute atomic E-state index is 0.209. The highest BCUT2D eigenvalue weighted by atomic mass is 19.3. The molecule has 2 aromatic carbocycles. The van der Waals surface area contributed by atoms with Crippen LogP contribution in [-0.4, -0.2) is 6.61 Å². The van der Waals surface area contributed by atoms with Gasteiger partial charge in [0, 0.05) is 17.8 Å². The highest BCUT2D eigenvalue weighted by molar-refractivity contribution is 5.54. The average Bonchev–Trinajstić information content (AvgIpc) is 2.41. The van der Waals surface area contributed by atoms with Gasteiger partial charge in [-0.3, -0.25) is 0 Å². The van der Waals surface area contributed by atoms with Gasteiger partial charge in [-0.15, -0.1) is 0 Å². The largest absolute Gasteiger partial charge is 0.434 e. The number of hydrogen-bond donors (Lipinski definition) is 1. The molecule has 2 aromatic rings. The number of nitrogens with one attached hydrogen (secondary N) is 1. The van der Waals surface area contributed by atoms with E-state index in [1.807, 2.05) is 32.0 Å². The quantitative estimate of drug-likeness (QED) is 0.867. The van der Waals surface area contributed by atoms with Gasteiger partial charge in [0.25, 0.3) is 0 Å². The Kier molecular flexibility index (Phi) is 4.56. The van der Waals surface area contributed by atoms with Crippen molar-refractivity contribution in [1.29, 1.82) is 0 Å². The number of rotatable bonds is 5. The van der Waals surface area contributed by atoms with Crippen molar-refractivity contribution < 1.29 is 13.5 Å². The lowest BCUT2D eigenvalue weighted by atomic mass is 10.1. The molecule has 0 aliphatic carbocycles. The van der Waals surface area contributed by atoms with Gasteiger partial charge in [-0.2, -0.15) is 8.78 Å². The Hall–Kier alpha value is -2.10. The van der Waals surface area contributed by atoms with Crippen LogP contribution in [0.3, 0.4) is 0 Å². The Morgan fingerprint density at radius 1 is 1.05 bits per heavy atom. The number of benzene rings is 2. The lowest BCUT2D eigenvalue weighted by Gasteiger charge is -2.14. The summed E-state index contributed by atoms with van der Waals surface area (Å²) in [4.78, 5) is 0. The second-order valence-corrected chi connectivity index (χ2v) is 4.59. The van der Waals surface area contributed by atoms with Crippen LogP contribution in [-0.2, 0) is 6.54 Å². The molecule has 0 aliphatic rings. The number of halogens is 2. The molecule has 0 amide bonds. The molecule has 2 nitrogen and oxygen atoms in total. The number of anilines is 1. The maximum atomic E-state index is 12.3. The number of para-hydroxylation sites is 1. The fourth-order valence-electron chi connectivity index (χ4n) is 1.99. The van der Waals surface area contributed by atoms with Crippen molar-refractivity contribution in [2.45, 2.75) is 27.0 Å². The third kappa shape index (κ3) is 3.47. The van der Waals surface area contributed by atoms with E-state index in [1.165, 1.54) is 5.56 Å². The maximum absolute atomic E-state index is 12.3. The van der Waals surface area contributed by atoms with Gasteiger partial charge in [-0.05, 0) is 37.1 Å². The molecule has 0 fully saturated rings. The molecule has 1 N–H and O–H groups in total. The molecule has 0 unspecified atom stereocenters. The summed E-state index contributed by atoms with van der Waals surface area (Å²) in [6.07, 6.45) is 0. The topological polar surface area (TPSA) is 21.3 Å². The van der Waals surface area contributed by atoms with Gasteiger partial charge in [-0.25, -0.2) is 0 Å². The molecular formula is C16H17F2NO. The zero-order chi connectivity index (χ0) is 14.5. The first-order valence-electron chi connectivity index (χ1n) is 6.40. The summed E-state index contributed by atoms with van der Waals surface area (Å²) in [6, 6.07) is 12.8. The Bertz CT molecular complexity index is 584. The Balaban J connectivity index is 2.13. The van der Waals surface area contributed by atoms with Gasteiger partial charge < -0.3 is 10.1 Å². The van der Waals surface area contributed by atoms with Gasteiger partial charge >= 0.3 is 6.61 Å². The monoisotopic (exact) mass is 277 g/mol. The van der Waals surface area contributed by atoms with E-state index >= 15 is 0 Å². The molecule has 0 spiro atoms. The predicted molar refractivity (Wildman–Crippen MR) is 76.3 cm³/mol. The third-order valence-corrected chi connectivity index (χ3v) is 3.26. The van der Waals surface area contributed by atoms with Crippen LogP contribution in [0.2, 0.25) is 0 Å². The van der Waals surface area contributed by atoms with Crippen LogP contribution in [0.1, 0.15) is 16.7 Å². The molecule has 0 heterocycles. The normalized spacial score (nSPS) is 10.7. The second kappa shape index (κ2) is 6.37. The molecule has 0 saturated heterocycles. The van der Waals surface area contributed by atoms with Crippen LogP contribution >= 0.6 is 0 Å². The molecule has 0 radical (unpaired) electrons. The smallest absolute Gasteiger partial charge is 0.387 e. The first-order valence-corrected chi connectivity index (χ1v) is 6.40. The number of aryl methyl sites for hydroxylation is 1. The van der Waals surface area contributed by atoms with E-state index in [1.54, 1.807) is 24.3 Å². The van der Waals surface area contributed by atoms with E-state index < -0.39 is 6.61 Å². The van der Waals surface area contributed by atoms with Crippen LogP contribution in [0.5, 0.6) is 5.75 Å². The minimum Gasteiger partial charge on any atom is -0.434 e. The summed E-state index contributed by atoms with van der Waals surface area (Å²) >= 11 is 0. The summed E-state index contributed by atoms with van der Waals surface area (Å²) in [6.45, 7) is 1.69. The van der Waals surface area contributed by atoms with Crippen LogP contribution in [0.25, 0.3) is 0 Å². The van der Waals surface area contributed by atoms with Crippen molar-refractivity contribution in [3.8, 4) is 5.75 Å². The Morgan fingerprint density at radius 2 is 1.80 bits per heavy atom. The number of ether oxygens (including phenoxy) is 1. The summed E-state index contributed by atoms with van der Waals surface area (Å²) < 4.78 is 29.2. The lowest BCUT2D eigenvalue weighted by molar-refractivity contribution is -0.0504. The van der Waals surface area contributed by atoms with Crippen molar-refractivity contribution in [3.05, 3.63) is 59.2 Å². The first-order chi connectivity index (χ1) is 9.58. The average molecular weight is 277 g/mol. The second-order valence-electron chi connectivity index (χ2n) is 4.59. The van der Waals surface area contributed by atoms with Gasteiger partial charge in [0.1, 0.15) is 5.75 Å². The number of alkyl halides is 2. The molecule has 0 aromatic heterocycles. The lowest BCUT2D eigenvalue weighted by Crippen LogP contribution is -2.07. The van der Waals surface area contributed by atoms with Gasteiger partial charge in [0.2, 0.25) is 0 Å². The third-order valence-electron chi connectivity index (χ3n) is 3.26. The molecule has 106 valence electrons. The molecule has 0 aliphatic heterocycles. The molecule has 4 heteroatoms. The molecule has 2 rings (SSSR count). The Morgan fingerprint density at radius 3 is 2.55 bits per heavy atom. The van der Waals surface area contributed by atoms with Crippen molar-refractivity contribution in [1.82, 2.24) is 0 Å².